The molecule has 1 unspecified atom stereocenters. The van der Waals surface area contributed by atoms with E-state index in [4.69, 9.17) is 0 Å². The number of likely N-dealkylation sites (N-methyl/N-ethyl adjacent to an activating group) is 1. The van der Waals surface area contributed by atoms with Gasteiger partial charge in [-0.15, -0.1) is 0 Å². The van der Waals surface area contributed by atoms with Crippen LogP contribution in [0.15, 0.2) is 51.5 Å². The monoisotopic (exact) mass is 382 g/mol. The number of hydrogen-bond acceptors (Lipinski definition) is 2. The predicted molar refractivity (Wildman–Crippen MR) is 86.2 cm³/mol. The zero-order chi connectivity index (χ0) is 13.7. The molecule has 2 nitrogen and oxygen atoms in total. The maximum atomic E-state index is 4.50. The average Bonchev–Trinajstić information content (AvgIpc) is 2.42. The zero-order valence-corrected chi connectivity index (χ0v) is 13.9. The molecule has 19 heavy (non-hydrogen) atoms. The van der Waals surface area contributed by atoms with Crippen molar-refractivity contribution < 1.29 is 0 Å². The second-order valence-electron chi connectivity index (χ2n) is 4.31. The molecule has 1 heterocycles. The van der Waals surface area contributed by atoms with Gasteiger partial charge in [0.2, 0.25) is 0 Å². The minimum atomic E-state index is 0.233. The Morgan fingerprint density at radius 2 is 1.95 bits per heavy atom. The smallest absolute Gasteiger partial charge is 0.0577 e. The lowest BCUT2D eigenvalue weighted by Gasteiger charge is -2.18. The molecule has 0 aliphatic heterocycles. The Balaban J connectivity index is 2.21. The number of hydrogen-bond donors (Lipinski definition) is 1. The molecule has 0 fully saturated rings. The summed E-state index contributed by atoms with van der Waals surface area (Å²) in [4.78, 5) is 4.50. The van der Waals surface area contributed by atoms with Gasteiger partial charge in [0.05, 0.1) is 11.7 Å². The van der Waals surface area contributed by atoms with Crippen molar-refractivity contribution in [3.63, 3.8) is 0 Å². The molecule has 0 aliphatic rings. The first-order chi connectivity index (χ1) is 9.20. The van der Waals surface area contributed by atoms with Crippen LogP contribution in [0, 0.1) is 0 Å². The molecule has 0 bridgehead atoms. The molecule has 0 radical (unpaired) electrons. The molecule has 0 saturated heterocycles. The second kappa shape index (κ2) is 7.17. The highest BCUT2D eigenvalue weighted by atomic mass is 79.9. The number of nitrogens with zero attached hydrogens (tertiary/aromatic N) is 1. The lowest BCUT2D eigenvalue weighted by atomic mass is 10.0. The summed E-state index contributed by atoms with van der Waals surface area (Å²) in [5.74, 6) is 0. The number of pyridine rings is 1. The maximum absolute atomic E-state index is 4.50. The molecule has 1 aromatic heterocycles. The van der Waals surface area contributed by atoms with E-state index in [1.165, 1.54) is 5.56 Å². The van der Waals surface area contributed by atoms with Crippen LogP contribution in [0.4, 0.5) is 0 Å². The van der Waals surface area contributed by atoms with E-state index in [2.05, 4.69) is 73.3 Å². The van der Waals surface area contributed by atoms with E-state index in [1.807, 2.05) is 18.3 Å². The molecule has 0 spiro atoms. The van der Waals surface area contributed by atoms with Crippen molar-refractivity contribution in [1.29, 1.82) is 0 Å². The summed E-state index contributed by atoms with van der Waals surface area (Å²) in [6.07, 6.45) is 2.77. The second-order valence-corrected chi connectivity index (χ2v) is 6.08. The van der Waals surface area contributed by atoms with Gasteiger partial charge in [0.1, 0.15) is 0 Å². The fourth-order valence-corrected chi connectivity index (χ4v) is 2.69. The molecule has 2 rings (SSSR count). The molecule has 0 aliphatic carbocycles. The molecule has 0 amide bonds. The van der Waals surface area contributed by atoms with Crippen LogP contribution in [-0.2, 0) is 6.42 Å². The third-order valence-corrected chi connectivity index (χ3v) is 4.18. The van der Waals surface area contributed by atoms with Crippen LogP contribution >= 0.6 is 31.9 Å². The number of halogens is 2. The van der Waals surface area contributed by atoms with Crippen molar-refractivity contribution in [3.8, 4) is 0 Å². The fraction of sp³-hybridized carbons (Fsp3) is 0.267. The van der Waals surface area contributed by atoms with Crippen molar-refractivity contribution >= 4 is 31.9 Å². The van der Waals surface area contributed by atoms with E-state index >= 15 is 0 Å². The first-order valence-electron chi connectivity index (χ1n) is 6.29. The molecule has 1 atom stereocenters. The Morgan fingerprint density at radius 1 is 1.16 bits per heavy atom. The Hall–Kier alpha value is -0.710. The Bertz CT molecular complexity index is 526. The largest absolute Gasteiger partial charge is 0.309 e. The maximum Gasteiger partial charge on any atom is 0.0577 e. The topological polar surface area (TPSA) is 24.9 Å². The molecule has 4 heteroatoms. The van der Waals surface area contributed by atoms with Gasteiger partial charge in [-0.3, -0.25) is 4.98 Å². The van der Waals surface area contributed by atoms with E-state index in [0.29, 0.717) is 0 Å². The molecule has 100 valence electrons. The van der Waals surface area contributed by atoms with Gasteiger partial charge in [0.15, 0.2) is 0 Å². The van der Waals surface area contributed by atoms with Crippen LogP contribution < -0.4 is 5.32 Å². The molecule has 1 N–H and O–H groups in total. The van der Waals surface area contributed by atoms with Gasteiger partial charge in [0.25, 0.3) is 0 Å². The Labute approximate surface area is 130 Å². The number of rotatable bonds is 5. The van der Waals surface area contributed by atoms with E-state index in [0.717, 1.165) is 27.6 Å². The summed E-state index contributed by atoms with van der Waals surface area (Å²) in [6.45, 7) is 3.04. The van der Waals surface area contributed by atoms with Gasteiger partial charge in [-0.1, -0.05) is 41.1 Å². The molecule has 2 aromatic rings. The number of aromatic nitrogens is 1. The predicted octanol–water partition coefficient (Wildman–Crippen LogP) is 4.50. The Kier molecular flexibility index (Phi) is 5.55. The summed E-state index contributed by atoms with van der Waals surface area (Å²) in [5.41, 5.74) is 2.36. The minimum absolute atomic E-state index is 0.233. The highest BCUT2D eigenvalue weighted by molar-refractivity contribution is 9.10. The van der Waals surface area contributed by atoms with Crippen LogP contribution in [0.5, 0.6) is 0 Å². The lowest BCUT2D eigenvalue weighted by Crippen LogP contribution is -2.24. The molecular weight excluding hydrogens is 368 g/mol. The SMILES string of the molecule is CCNC(Cc1ccccc1Br)c1ccc(Br)cn1. The number of benzene rings is 1. The normalized spacial score (nSPS) is 12.4. The summed E-state index contributed by atoms with van der Waals surface area (Å²) >= 11 is 7.03. The summed E-state index contributed by atoms with van der Waals surface area (Å²) in [6, 6.07) is 12.7. The van der Waals surface area contributed by atoms with Gasteiger partial charge in [0, 0.05) is 15.1 Å². The van der Waals surface area contributed by atoms with Gasteiger partial charge < -0.3 is 5.32 Å². The molecule has 1 aromatic carbocycles. The minimum Gasteiger partial charge on any atom is -0.309 e. The lowest BCUT2D eigenvalue weighted by molar-refractivity contribution is 0.536. The third-order valence-electron chi connectivity index (χ3n) is 2.94. The average molecular weight is 384 g/mol. The van der Waals surface area contributed by atoms with Gasteiger partial charge in [-0.2, -0.15) is 0 Å². The van der Waals surface area contributed by atoms with Crippen LogP contribution in [-0.4, -0.2) is 11.5 Å². The van der Waals surface area contributed by atoms with Crippen molar-refractivity contribution in [2.75, 3.05) is 6.54 Å². The molecular formula is C15H16Br2N2. The van der Waals surface area contributed by atoms with Crippen molar-refractivity contribution in [3.05, 3.63) is 62.8 Å². The summed E-state index contributed by atoms with van der Waals surface area (Å²) in [7, 11) is 0. The first-order valence-corrected chi connectivity index (χ1v) is 7.87. The van der Waals surface area contributed by atoms with E-state index in [-0.39, 0.29) is 6.04 Å². The Morgan fingerprint density at radius 3 is 2.58 bits per heavy atom. The van der Waals surface area contributed by atoms with Crippen molar-refractivity contribution in [1.82, 2.24) is 10.3 Å². The fourth-order valence-electron chi connectivity index (χ4n) is 2.00. The van der Waals surface area contributed by atoms with Gasteiger partial charge in [-0.05, 0) is 52.7 Å². The van der Waals surface area contributed by atoms with E-state index in [1.54, 1.807) is 0 Å². The van der Waals surface area contributed by atoms with Gasteiger partial charge in [-0.25, -0.2) is 0 Å². The van der Waals surface area contributed by atoms with Crippen molar-refractivity contribution in [2.45, 2.75) is 19.4 Å². The standard InChI is InChI=1S/C15H16Br2N2/c1-2-18-15(14-8-7-12(16)10-19-14)9-11-5-3-4-6-13(11)17/h3-8,10,15,18H,2,9H2,1H3. The van der Waals surface area contributed by atoms with Crippen LogP contribution in [0.25, 0.3) is 0 Å². The third kappa shape index (κ3) is 4.13. The van der Waals surface area contributed by atoms with Gasteiger partial charge >= 0.3 is 0 Å². The summed E-state index contributed by atoms with van der Waals surface area (Å²) in [5, 5.41) is 3.50. The zero-order valence-electron chi connectivity index (χ0n) is 10.7. The van der Waals surface area contributed by atoms with Crippen LogP contribution in [0.2, 0.25) is 0 Å². The summed E-state index contributed by atoms with van der Waals surface area (Å²) < 4.78 is 2.16. The van der Waals surface area contributed by atoms with Crippen LogP contribution in [0.1, 0.15) is 24.2 Å². The highest BCUT2D eigenvalue weighted by Gasteiger charge is 2.13. The van der Waals surface area contributed by atoms with Crippen LogP contribution in [0.3, 0.4) is 0 Å². The van der Waals surface area contributed by atoms with Crippen molar-refractivity contribution in [2.24, 2.45) is 0 Å². The first kappa shape index (κ1) is 14.7. The molecule has 0 saturated carbocycles. The van der Waals surface area contributed by atoms with E-state index in [9.17, 15) is 0 Å². The van der Waals surface area contributed by atoms with E-state index < -0.39 is 0 Å². The quantitative estimate of drug-likeness (QED) is 0.822. The number of nitrogens with one attached hydrogen (secondary N) is 1. The highest BCUT2D eigenvalue weighted by Crippen LogP contribution is 2.23.